The molecule has 1 aliphatic heterocycles. The number of H-pyrrole nitrogens is 1. The molecule has 2 aromatic rings. The molecule has 124 valence electrons. The van der Waals surface area contributed by atoms with Gasteiger partial charge < -0.3 is 10.3 Å². The van der Waals surface area contributed by atoms with Gasteiger partial charge in [-0.15, -0.1) is 0 Å². The average Bonchev–Trinajstić information content (AvgIpc) is 2.91. The Bertz CT molecular complexity index is 759. The third kappa shape index (κ3) is 3.17. The fraction of sp³-hybridized carbons (Fsp3) is 0.529. The summed E-state index contributed by atoms with van der Waals surface area (Å²) in [5, 5.41) is 3.47. The summed E-state index contributed by atoms with van der Waals surface area (Å²) in [7, 11) is -1.03. The van der Waals surface area contributed by atoms with Crippen LogP contribution in [0.25, 0.3) is 11.0 Å². The standard InChI is InChI=1S/C17H24FN3OSi/c1-10-11(2)19-16-13(15(10)18)9-14(21-16)17(22)20-12-5-7-23(3,4)8-6-12/h9,12H,5-8H2,1-4H3,(H,19,21)(H,20,22). The molecule has 3 heterocycles. The zero-order chi connectivity index (χ0) is 16.8. The summed E-state index contributed by atoms with van der Waals surface area (Å²) in [4.78, 5) is 19.7. The first-order chi connectivity index (χ1) is 10.8. The number of fused-ring (bicyclic) bond motifs is 1. The van der Waals surface area contributed by atoms with Crippen molar-refractivity contribution in [2.45, 2.75) is 57.9 Å². The Morgan fingerprint density at radius 3 is 2.65 bits per heavy atom. The van der Waals surface area contributed by atoms with E-state index in [0.717, 1.165) is 12.8 Å². The molecule has 0 spiro atoms. The van der Waals surface area contributed by atoms with Gasteiger partial charge in [0.15, 0.2) is 0 Å². The lowest BCUT2D eigenvalue weighted by Gasteiger charge is -2.33. The molecule has 0 aliphatic carbocycles. The minimum absolute atomic E-state index is 0.163. The van der Waals surface area contributed by atoms with Crippen LogP contribution < -0.4 is 5.32 Å². The van der Waals surface area contributed by atoms with E-state index in [0.29, 0.717) is 28.0 Å². The Labute approximate surface area is 136 Å². The molecule has 6 heteroatoms. The van der Waals surface area contributed by atoms with Gasteiger partial charge in [0.2, 0.25) is 0 Å². The molecule has 1 fully saturated rings. The Kier molecular flexibility index (Phi) is 4.04. The van der Waals surface area contributed by atoms with E-state index >= 15 is 0 Å². The van der Waals surface area contributed by atoms with Crippen molar-refractivity contribution in [3.05, 3.63) is 28.8 Å². The maximum absolute atomic E-state index is 14.3. The van der Waals surface area contributed by atoms with E-state index in [2.05, 4.69) is 28.4 Å². The first-order valence-electron chi connectivity index (χ1n) is 8.23. The van der Waals surface area contributed by atoms with Crippen molar-refractivity contribution < 1.29 is 9.18 Å². The minimum atomic E-state index is -1.03. The molecule has 0 unspecified atom stereocenters. The molecule has 2 aromatic heterocycles. The second kappa shape index (κ2) is 5.74. The second-order valence-corrected chi connectivity index (χ2v) is 12.8. The summed E-state index contributed by atoms with van der Waals surface area (Å²) >= 11 is 0. The molecule has 0 atom stereocenters. The third-order valence-electron chi connectivity index (χ3n) is 5.10. The van der Waals surface area contributed by atoms with E-state index in [1.54, 1.807) is 19.9 Å². The molecule has 23 heavy (non-hydrogen) atoms. The minimum Gasteiger partial charge on any atom is -0.348 e. The number of aromatic nitrogens is 2. The quantitative estimate of drug-likeness (QED) is 0.818. The van der Waals surface area contributed by atoms with Crippen LogP contribution in [-0.4, -0.2) is 30.0 Å². The third-order valence-corrected chi connectivity index (χ3v) is 8.39. The van der Waals surface area contributed by atoms with E-state index in [9.17, 15) is 9.18 Å². The van der Waals surface area contributed by atoms with Gasteiger partial charge in [-0.05, 0) is 32.8 Å². The number of amides is 1. The first-order valence-corrected chi connectivity index (χ1v) is 11.6. The molecule has 0 saturated carbocycles. The number of rotatable bonds is 2. The molecule has 4 nitrogen and oxygen atoms in total. The molecule has 1 aliphatic rings. The molecule has 0 radical (unpaired) electrons. The highest BCUT2D eigenvalue weighted by molar-refractivity contribution is 6.77. The summed E-state index contributed by atoms with van der Waals surface area (Å²) in [6.07, 6.45) is 2.10. The van der Waals surface area contributed by atoms with Crippen LogP contribution in [0.15, 0.2) is 6.07 Å². The highest BCUT2D eigenvalue weighted by Gasteiger charge is 2.29. The molecule has 1 saturated heterocycles. The van der Waals surface area contributed by atoms with Crippen LogP contribution in [0.3, 0.4) is 0 Å². The summed E-state index contributed by atoms with van der Waals surface area (Å²) in [6, 6.07) is 4.30. The van der Waals surface area contributed by atoms with Crippen molar-refractivity contribution in [1.82, 2.24) is 15.3 Å². The number of nitrogens with zero attached hydrogens (tertiary/aromatic N) is 1. The maximum atomic E-state index is 14.3. The van der Waals surface area contributed by atoms with Gasteiger partial charge >= 0.3 is 0 Å². The van der Waals surface area contributed by atoms with Crippen LogP contribution in [0.4, 0.5) is 4.39 Å². The smallest absolute Gasteiger partial charge is 0.267 e. The van der Waals surface area contributed by atoms with Gasteiger partial charge in [-0.25, -0.2) is 9.37 Å². The number of hydrogen-bond donors (Lipinski definition) is 2. The van der Waals surface area contributed by atoms with Crippen molar-refractivity contribution in [1.29, 1.82) is 0 Å². The van der Waals surface area contributed by atoms with Gasteiger partial charge in [0.1, 0.15) is 17.2 Å². The van der Waals surface area contributed by atoms with Gasteiger partial charge in [0, 0.05) is 25.4 Å². The van der Waals surface area contributed by atoms with Crippen molar-refractivity contribution in [3.63, 3.8) is 0 Å². The van der Waals surface area contributed by atoms with Gasteiger partial charge in [-0.3, -0.25) is 4.79 Å². The summed E-state index contributed by atoms with van der Waals surface area (Å²) in [5.74, 6) is -0.461. The summed E-state index contributed by atoms with van der Waals surface area (Å²) in [5.41, 5.74) is 2.00. The Morgan fingerprint density at radius 1 is 1.35 bits per heavy atom. The van der Waals surface area contributed by atoms with Crippen molar-refractivity contribution >= 4 is 25.0 Å². The van der Waals surface area contributed by atoms with Crippen LogP contribution in [0.2, 0.25) is 25.2 Å². The van der Waals surface area contributed by atoms with Gasteiger partial charge in [-0.2, -0.15) is 0 Å². The lowest BCUT2D eigenvalue weighted by Crippen LogP contribution is -2.42. The second-order valence-electron chi connectivity index (χ2n) is 7.49. The fourth-order valence-electron chi connectivity index (χ4n) is 3.24. The number of nitrogens with one attached hydrogen (secondary N) is 2. The zero-order valence-electron chi connectivity index (χ0n) is 14.2. The lowest BCUT2D eigenvalue weighted by molar-refractivity contribution is 0.0929. The van der Waals surface area contributed by atoms with Gasteiger partial charge in [0.05, 0.1) is 5.39 Å². The number of aromatic amines is 1. The molecular weight excluding hydrogens is 309 g/mol. The molecule has 0 bridgehead atoms. The van der Waals surface area contributed by atoms with Gasteiger partial charge in [-0.1, -0.05) is 25.2 Å². The number of hydrogen-bond acceptors (Lipinski definition) is 2. The number of halogens is 1. The number of carbonyl (C=O) groups excluding carboxylic acids is 1. The molecule has 2 N–H and O–H groups in total. The van der Waals surface area contributed by atoms with Crippen LogP contribution in [0.5, 0.6) is 0 Å². The van der Waals surface area contributed by atoms with E-state index in [-0.39, 0.29) is 17.8 Å². The molecular formula is C17H24FN3OSi. The Morgan fingerprint density at radius 2 is 2.00 bits per heavy atom. The number of pyridine rings is 1. The summed E-state index contributed by atoms with van der Waals surface area (Å²) < 4.78 is 14.3. The molecule has 0 aromatic carbocycles. The molecule has 1 amide bonds. The van der Waals surface area contributed by atoms with Gasteiger partial charge in [0.25, 0.3) is 5.91 Å². The van der Waals surface area contributed by atoms with Crippen LogP contribution in [0, 0.1) is 19.7 Å². The molecule has 3 rings (SSSR count). The SMILES string of the molecule is Cc1nc2[nH]c(C(=O)NC3CC[Si](C)(C)CC3)cc2c(F)c1C. The van der Waals surface area contributed by atoms with Crippen LogP contribution >= 0.6 is 0 Å². The first kappa shape index (κ1) is 16.2. The van der Waals surface area contributed by atoms with E-state index in [1.807, 2.05) is 0 Å². The topological polar surface area (TPSA) is 57.8 Å². The zero-order valence-corrected chi connectivity index (χ0v) is 15.2. The predicted molar refractivity (Wildman–Crippen MR) is 93.1 cm³/mol. The monoisotopic (exact) mass is 333 g/mol. The number of aryl methyl sites for hydroxylation is 1. The van der Waals surface area contributed by atoms with Crippen molar-refractivity contribution in [2.24, 2.45) is 0 Å². The average molecular weight is 333 g/mol. The summed E-state index contributed by atoms with van der Waals surface area (Å²) in [6.45, 7) is 8.29. The van der Waals surface area contributed by atoms with Crippen LogP contribution in [0.1, 0.15) is 34.6 Å². The lowest BCUT2D eigenvalue weighted by atomic mass is 10.1. The largest absolute Gasteiger partial charge is 0.348 e. The highest BCUT2D eigenvalue weighted by atomic mass is 28.3. The van der Waals surface area contributed by atoms with Crippen molar-refractivity contribution in [3.8, 4) is 0 Å². The van der Waals surface area contributed by atoms with E-state index in [1.165, 1.54) is 12.1 Å². The number of carbonyl (C=O) groups is 1. The highest BCUT2D eigenvalue weighted by Crippen LogP contribution is 2.28. The predicted octanol–water partition coefficient (Wildman–Crippen LogP) is 3.92. The normalized spacial score (nSPS) is 18.3. The van der Waals surface area contributed by atoms with E-state index in [4.69, 9.17) is 0 Å². The van der Waals surface area contributed by atoms with Crippen LogP contribution in [-0.2, 0) is 0 Å². The van der Waals surface area contributed by atoms with Crippen molar-refractivity contribution in [2.75, 3.05) is 0 Å². The maximum Gasteiger partial charge on any atom is 0.267 e. The Hall–Kier alpha value is -1.69. The Balaban J connectivity index is 1.78. The van der Waals surface area contributed by atoms with E-state index < -0.39 is 8.07 Å². The fourth-order valence-corrected chi connectivity index (χ4v) is 5.75.